The molecule has 0 fully saturated rings. The maximum absolute atomic E-state index is 4.02. The third kappa shape index (κ3) is 1.29. The molecular weight excluding hydrogens is 269 g/mol. The van der Waals surface area contributed by atoms with Crippen molar-refractivity contribution in [3.05, 3.63) is 28.9 Å². The van der Waals surface area contributed by atoms with Crippen molar-refractivity contribution in [2.45, 2.75) is 0 Å². The topological polar surface area (TPSA) is 56.5 Å². The minimum Gasteiger partial charge on any atom is -0.242 e. The summed E-state index contributed by atoms with van der Waals surface area (Å²) < 4.78 is 2.48. The quantitative estimate of drug-likeness (QED) is 0.566. The van der Waals surface area contributed by atoms with Crippen LogP contribution in [0.4, 0.5) is 0 Å². The highest BCUT2D eigenvalue weighted by Crippen LogP contribution is 2.09. The summed E-state index contributed by atoms with van der Waals surface area (Å²) >= 11 is 2.12. The highest BCUT2D eigenvalue weighted by atomic mass is 127. The van der Waals surface area contributed by atoms with Gasteiger partial charge in [-0.3, -0.25) is 0 Å². The van der Waals surface area contributed by atoms with Gasteiger partial charge in [-0.2, -0.15) is 5.10 Å². The van der Waals surface area contributed by atoms with Crippen molar-refractivity contribution in [2.75, 3.05) is 0 Å². The Labute approximate surface area is 82.0 Å². The van der Waals surface area contributed by atoms with Crippen LogP contribution in [0.1, 0.15) is 0 Å². The van der Waals surface area contributed by atoms with Crippen molar-refractivity contribution >= 4 is 22.6 Å². The average Bonchev–Trinajstić information content (AvgIpc) is 2.57. The average molecular weight is 273 g/mol. The lowest BCUT2D eigenvalue weighted by Crippen LogP contribution is -1.99. The van der Waals surface area contributed by atoms with E-state index in [1.165, 1.54) is 12.7 Å². The van der Waals surface area contributed by atoms with Crippen molar-refractivity contribution in [1.29, 1.82) is 0 Å². The number of aromatic nitrogens is 5. The van der Waals surface area contributed by atoms with E-state index in [1.54, 1.807) is 17.2 Å². The Morgan fingerprint density at radius 3 is 2.83 bits per heavy atom. The molecule has 0 aliphatic heterocycles. The van der Waals surface area contributed by atoms with Crippen LogP contribution in [0, 0.1) is 3.70 Å². The third-order valence-corrected chi connectivity index (χ3v) is 2.14. The van der Waals surface area contributed by atoms with E-state index in [9.17, 15) is 0 Å². The predicted molar refractivity (Wildman–Crippen MR) is 49.7 cm³/mol. The van der Waals surface area contributed by atoms with E-state index >= 15 is 0 Å². The number of rotatable bonds is 1. The van der Waals surface area contributed by atoms with E-state index in [0.717, 1.165) is 9.39 Å². The maximum atomic E-state index is 4.02. The van der Waals surface area contributed by atoms with Crippen LogP contribution in [-0.4, -0.2) is 24.7 Å². The molecule has 5 nitrogen and oxygen atoms in total. The molecule has 0 unspecified atom stereocenters. The van der Waals surface area contributed by atoms with Gasteiger partial charge in [-0.1, -0.05) is 0 Å². The number of hydrogen-bond donors (Lipinski definition) is 0. The molecular formula is C6H4IN5. The lowest BCUT2D eigenvalue weighted by atomic mass is 10.5. The first kappa shape index (κ1) is 7.59. The van der Waals surface area contributed by atoms with E-state index in [-0.39, 0.29) is 0 Å². The summed E-state index contributed by atoms with van der Waals surface area (Å²) in [6, 6.07) is 0. The van der Waals surface area contributed by atoms with Crippen LogP contribution in [0.2, 0.25) is 0 Å². The van der Waals surface area contributed by atoms with Crippen molar-refractivity contribution < 1.29 is 0 Å². The van der Waals surface area contributed by atoms with Crippen molar-refractivity contribution in [2.24, 2.45) is 0 Å². The number of halogens is 1. The molecule has 6 heteroatoms. The van der Waals surface area contributed by atoms with Gasteiger partial charge in [-0.25, -0.2) is 19.6 Å². The van der Waals surface area contributed by atoms with E-state index in [4.69, 9.17) is 0 Å². The molecule has 0 saturated heterocycles. The van der Waals surface area contributed by atoms with E-state index in [1.807, 2.05) is 0 Å². The minimum atomic E-state index is 0.843. The summed E-state index contributed by atoms with van der Waals surface area (Å²) in [5.41, 5.74) is 0.843. The molecule has 12 heavy (non-hydrogen) atoms. The fraction of sp³-hybridized carbons (Fsp3) is 0. The van der Waals surface area contributed by atoms with Gasteiger partial charge in [-0.05, 0) is 22.6 Å². The molecule has 2 aromatic heterocycles. The van der Waals surface area contributed by atoms with E-state index in [0.29, 0.717) is 0 Å². The Kier molecular flexibility index (Phi) is 1.98. The first-order valence-corrected chi connectivity index (χ1v) is 4.26. The molecule has 60 valence electrons. The van der Waals surface area contributed by atoms with Gasteiger partial charge >= 0.3 is 0 Å². The Bertz CT molecular complexity index is 371. The van der Waals surface area contributed by atoms with Gasteiger partial charge in [0.25, 0.3) is 0 Å². The molecule has 0 saturated carbocycles. The van der Waals surface area contributed by atoms with Gasteiger partial charge in [0, 0.05) is 0 Å². The molecule has 0 N–H and O–H groups in total. The largest absolute Gasteiger partial charge is 0.242 e. The second-order valence-corrected chi connectivity index (χ2v) is 3.06. The van der Waals surface area contributed by atoms with Gasteiger partial charge in [-0.15, -0.1) is 0 Å². The van der Waals surface area contributed by atoms with Crippen molar-refractivity contribution in [3.63, 3.8) is 0 Å². The summed E-state index contributed by atoms with van der Waals surface area (Å²) in [6.07, 6.45) is 6.29. The zero-order valence-corrected chi connectivity index (χ0v) is 8.08. The molecule has 0 spiro atoms. The fourth-order valence-electron chi connectivity index (χ4n) is 0.794. The first-order valence-electron chi connectivity index (χ1n) is 3.18. The van der Waals surface area contributed by atoms with Crippen LogP contribution in [-0.2, 0) is 0 Å². The standard InChI is InChI=1S/C6H4IN5/c7-6-5(1-8-2-10-6)12-4-9-3-11-12/h1-4H. The fourth-order valence-corrected chi connectivity index (χ4v) is 1.30. The monoisotopic (exact) mass is 273 g/mol. The molecule has 0 amide bonds. The normalized spacial score (nSPS) is 10.1. The predicted octanol–water partition coefficient (Wildman–Crippen LogP) is 0.662. The number of nitrogens with zero attached hydrogens (tertiary/aromatic N) is 5. The van der Waals surface area contributed by atoms with Gasteiger partial charge < -0.3 is 0 Å². The Morgan fingerprint density at radius 1 is 1.25 bits per heavy atom. The van der Waals surface area contributed by atoms with Crippen LogP contribution in [0.3, 0.4) is 0 Å². The lowest BCUT2D eigenvalue weighted by molar-refractivity contribution is 0.853. The second-order valence-electron chi connectivity index (χ2n) is 2.04. The van der Waals surface area contributed by atoms with E-state index < -0.39 is 0 Å². The molecule has 0 atom stereocenters. The first-order chi connectivity index (χ1) is 5.88. The molecule has 0 aliphatic carbocycles. The van der Waals surface area contributed by atoms with Crippen LogP contribution in [0.5, 0.6) is 0 Å². The molecule has 0 aliphatic rings. The van der Waals surface area contributed by atoms with Crippen LogP contribution in [0.25, 0.3) is 5.69 Å². The lowest BCUT2D eigenvalue weighted by Gasteiger charge is -1.99. The van der Waals surface area contributed by atoms with Gasteiger partial charge in [0.1, 0.15) is 28.4 Å². The third-order valence-electron chi connectivity index (χ3n) is 1.31. The van der Waals surface area contributed by atoms with Crippen LogP contribution >= 0.6 is 22.6 Å². The van der Waals surface area contributed by atoms with Crippen LogP contribution in [0.15, 0.2) is 25.2 Å². The summed E-state index contributed by atoms with van der Waals surface area (Å²) in [5.74, 6) is 0. The van der Waals surface area contributed by atoms with Gasteiger partial charge in [0.15, 0.2) is 0 Å². The zero-order valence-electron chi connectivity index (χ0n) is 5.92. The summed E-state index contributed by atoms with van der Waals surface area (Å²) in [6.45, 7) is 0. The Morgan fingerprint density at radius 2 is 2.17 bits per heavy atom. The highest BCUT2D eigenvalue weighted by molar-refractivity contribution is 14.1. The number of hydrogen-bond acceptors (Lipinski definition) is 4. The van der Waals surface area contributed by atoms with E-state index in [2.05, 4.69) is 42.6 Å². The smallest absolute Gasteiger partial charge is 0.138 e. The van der Waals surface area contributed by atoms with Crippen LogP contribution < -0.4 is 0 Å². The molecule has 2 aromatic rings. The van der Waals surface area contributed by atoms with Gasteiger partial charge in [0.05, 0.1) is 6.20 Å². The Balaban J connectivity index is 2.55. The maximum Gasteiger partial charge on any atom is 0.138 e. The highest BCUT2D eigenvalue weighted by Gasteiger charge is 2.01. The van der Waals surface area contributed by atoms with Crippen molar-refractivity contribution in [1.82, 2.24) is 24.7 Å². The molecule has 0 radical (unpaired) electrons. The second kappa shape index (κ2) is 3.13. The molecule has 0 aromatic carbocycles. The zero-order chi connectivity index (χ0) is 8.39. The van der Waals surface area contributed by atoms with Gasteiger partial charge in [0.2, 0.25) is 0 Å². The minimum absolute atomic E-state index is 0.843. The SMILES string of the molecule is Ic1ncncc1-n1cncn1. The summed E-state index contributed by atoms with van der Waals surface area (Å²) in [4.78, 5) is 11.8. The molecule has 0 bridgehead atoms. The molecule has 2 heterocycles. The Hall–Kier alpha value is -1.05. The van der Waals surface area contributed by atoms with Crippen molar-refractivity contribution in [3.8, 4) is 5.69 Å². The molecule has 2 rings (SSSR count). The summed E-state index contributed by atoms with van der Waals surface area (Å²) in [7, 11) is 0. The summed E-state index contributed by atoms with van der Waals surface area (Å²) in [5, 5.41) is 3.97.